The van der Waals surface area contributed by atoms with E-state index in [-0.39, 0.29) is 11.6 Å². The lowest BCUT2D eigenvalue weighted by Crippen LogP contribution is -2.08. The van der Waals surface area contributed by atoms with Crippen LogP contribution in [0.2, 0.25) is 0 Å². The van der Waals surface area contributed by atoms with E-state index in [1.807, 2.05) is 0 Å². The van der Waals surface area contributed by atoms with Gasteiger partial charge in [-0.1, -0.05) is 24.4 Å². The van der Waals surface area contributed by atoms with Crippen molar-refractivity contribution in [3.63, 3.8) is 0 Å². The molecule has 0 amide bonds. The molecule has 0 aromatic heterocycles. The van der Waals surface area contributed by atoms with Gasteiger partial charge in [0.15, 0.2) is 0 Å². The molecule has 2 aromatic rings. The monoisotopic (exact) mass is 310 g/mol. The number of rotatable bonds is 2. The highest BCUT2D eigenvalue weighted by atomic mass is 32.1. The fourth-order valence-electron chi connectivity index (χ4n) is 1.23. The van der Waals surface area contributed by atoms with Gasteiger partial charge in [-0.25, -0.2) is 8.78 Å². The number of nitrogens with two attached hydrogens (primary N) is 2. The molecule has 0 heterocycles. The van der Waals surface area contributed by atoms with Gasteiger partial charge in [-0.15, -0.1) is 0 Å². The zero-order valence-electron chi connectivity index (χ0n) is 10.3. The molecule has 0 fully saturated rings. The predicted octanol–water partition coefficient (Wildman–Crippen LogP) is 2.92. The number of thiocarbonyl (C=S) groups is 2. The van der Waals surface area contributed by atoms with Gasteiger partial charge in [0, 0.05) is 11.1 Å². The van der Waals surface area contributed by atoms with E-state index in [4.69, 9.17) is 11.5 Å². The summed E-state index contributed by atoms with van der Waals surface area (Å²) in [5.74, 6) is -0.556. The number of hydrogen-bond acceptors (Lipinski definition) is 2. The lowest BCUT2D eigenvalue weighted by atomic mass is 10.2. The van der Waals surface area contributed by atoms with E-state index >= 15 is 0 Å². The summed E-state index contributed by atoms with van der Waals surface area (Å²) in [4.78, 5) is 0.583. The fraction of sp³-hybridized carbons (Fsp3) is 0. The molecule has 0 spiro atoms. The predicted molar refractivity (Wildman–Crippen MR) is 84.6 cm³/mol. The molecule has 0 saturated heterocycles. The van der Waals surface area contributed by atoms with E-state index in [0.29, 0.717) is 21.1 Å². The van der Waals surface area contributed by atoms with Crippen LogP contribution < -0.4 is 11.5 Å². The van der Waals surface area contributed by atoms with Crippen LogP contribution in [0.4, 0.5) is 8.78 Å². The number of benzene rings is 2. The average molecular weight is 310 g/mol. The van der Waals surface area contributed by atoms with Crippen molar-refractivity contribution < 1.29 is 8.78 Å². The van der Waals surface area contributed by atoms with Crippen LogP contribution in [-0.4, -0.2) is 9.98 Å². The van der Waals surface area contributed by atoms with Crippen LogP contribution in [0.5, 0.6) is 0 Å². The highest BCUT2D eigenvalue weighted by Crippen LogP contribution is 2.02. The lowest BCUT2D eigenvalue weighted by molar-refractivity contribution is 0.627. The highest BCUT2D eigenvalue weighted by Gasteiger charge is 1.94. The molecule has 20 heavy (non-hydrogen) atoms. The van der Waals surface area contributed by atoms with E-state index < -0.39 is 0 Å². The molecule has 0 aliphatic rings. The summed E-state index contributed by atoms with van der Waals surface area (Å²) < 4.78 is 24.5. The van der Waals surface area contributed by atoms with Crippen molar-refractivity contribution in [1.82, 2.24) is 0 Å². The minimum absolute atomic E-state index is 0.278. The van der Waals surface area contributed by atoms with Crippen molar-refractivity contribution in [1.29, 1.82) is 0 Å². The zero-order valence-corrected chi connectivity index (χ0v) is 12.0. The maximum absolute atomic E-state index is 12.3. The van der Waals surface area contributed by atoms with Crippen LogP contribution in [-0.2, 0) is 0 Å². The largest absolute Gasteiger partial charge is 0.389 e. The summed E-state index contributed by atoms with van der Waals surface area (Å²) in [5, 5.41) is 0. The fourth-order valence-corrected chi connectivity index (χ4v) is 1.50. The molecule has 0 saturated carbocycles. The Hall–Kier alpha value is -1.92. The first-order valence-electron chi connectivity index (χ1n) is 5.51. The van der Waals surface area contributed by atoms with Crippen molar-refractivity contribution in [2.24, 2.45) is 11.5 Å². The first-order valence-corrected chi connectivity index (χ1v) is 6.32. The molecule has 0 bridgehead atoms. The minimum Gasteiger partial charge on any atom is -0.389 e. The van der Waals surface area contributed by atoms with Crippen molar-refractivity contribution in [2.75, 3.05) is 0 Å². The summed E-state index contributed by atoms with van der Waals surface area (Å²) in [6.45, 7) is 0. The highest BCUT2D eigenvalue weighted by molar-refractivity contribution is 7.80. The summed E-state index contributed by atoms with van der Waals surface area (Å²) >= 11 is 9.32. The molecule has 0 atom stereocenters. The van der Waals surface area contributed by atoms with Gasteiger partial charge in [0.1, 0.15) is 21.6 Å². The Morgan fingerprint density at radius 2 is 0.900 bits per heavy atom. The molecule has 104 valence electrons. The summed E-state index contributed by atoms with van der Waals surface area (Å²) in [6.07, 6.45) is 0. The maximum atomic E-state index is 12.3. The Bertz CT molecular complexity index is 540. The summed E-state index contributed by atoms with van der Waals surface area (Å²) in [7, 11) is 0. The second-order valence-electron chi connectivity index (χ2n) is 3.74. The quantitative estimate of drug-likeness (QED) is 0.838. The standard InChI is InChI=1S/2C7H6FNS/c2*8-6-3-1-5(2-4-6)7(9)10/h2*1-4H,(H2,9,10). The van der Waals surface area contributed by atoms with Crippen LogP contribution in [0.15, 0.2) is 48.5 Å². The van der Waals surface area contributed by atoms with Crippen LogP contribution in [0, 0.1) is 11.6 Å². The zero-order chi connectivity index (χ0) is 15.1. The third-order valence-electron chi connectivity index (χ3n) is 2.26. The van der Waals surface area contributed by atoms with Crippen LogP contribution in [0.3, 0.4) is 0 Å². The van der Waals surface area contributed by atoms with Gasteiger partial charge in [-0.3, -0.25) is 0 Å². The van der Waals surface area contributed by atoms with Gasteiger partial charge in [0.25, 0.3) is 0 Å². The first-order chi connectivity index (χ1) is 9.40. The van der Waals surface area contributed by atoms with Crippen LogP contribution in [0.25, 0.3) is 0 Å². The van der Waals surface area contributed by atoms with Gasteiger partial charge in [-0.2, -0.15) is 0 Å². The third-order valence-corrected chi connectivity index (χ3v) is 2.73. The molecule has 0 aliphatic carbocycles. The molecule has 0 aliphatic heterocycles. The van der Waals surface area contributed by atoms with Gasteiger partial charge in [-0.05, 0) is 48.5 Å². The normalized spacial score (nSPS) is 9.30. The second-order valence-corrected chi connectivity index (χ2v) is 4.62. The smallest absolute Gasteiger partial charge is 0.123 e. The van der Waals surface area contributed by atoms with Gasteiger partial charge >= 0.3 is 0 Å². The molecular weight excluding hydrogens is 298 g/mol. The maximum Gasteiger partial charge on any atom is 0.123 e. The van der Waals surface area contributed by atoms with Crippen LogP contribution >= 0.6 is 24.4 Å². The summed E-state index contributed by atoms with van der Waals surface area (Å²) in [5.41, 5.74) is 11.9. The van der Waals surface area contributed by atoms with Crippen molar-refractivity contribution in [2.45, 2.75) is 0 Å². The molecule has 6 heteroatoms. The van der Waals surface area contributed by atoms with E-state index in [9.17, 15) is 8.78 Å². The van der Waals surface area contributed by atoms with Gasteiger partial charge < -0.3 is 11.5 Å². The summed E-state index contributed by atoms with van der Waals surface area (Å²) in [6, 6.07) is 11.5. The van der Waals surface area contributed by atoms with E-state index in [1.54, 1.807) is 24.3 Å². The third kappa shape index (κ3) is 5.38. The first kappa shape index (κ1) is 16.1. The lowest BCUT2D eigenvalue weighted by Gasteiger charge is -1.94. The molecule has 0 unspecified atom stereocenters. The van der Waals surface area contributed by atoms with Crippen molar-refractivity contribution in [3.05, 3.63) is 71.3 Å². The SMILES string of the molecule is NC(=S)c1ccc(F)cc1.NC(=S)c1ccc(F)cc1. The second kappa shape index (κ2) is 7.62. The van der Waals surface area contributed by atoms with Gasteiger partial charge in [0.05, 0.1) is 0 Å². The molecular formula is C14H12F2N2S2. The van der Waals surface area contributed by atoms with Crippen molar-refractivity contribution >= 4 is 34.4 Å². The van der Waals surface area contributed by atoms with E-state index in [1.165, 1.54) is 24.3 Å². The Labute approximate surface area is 126 Å². The topological polar surface area (TPSA) is 52.0 Å². The molecule has 2 rings (SSSR count). The molecule has 2 aromatic carbocycles. The minimum atomic E-state index is -0.278. The van der Waals surface area contributed by atoms with E-state index in [0.717, 1.165) is 0 Å². The number of hydrogen-bond donors (Lipinski definition) is 2. The Balaban J connectivity index is 0.000000200. The average Bonchev–Trinajstić information content (AvgIpc) is 2.40. The van der Waals surface area contributed by atoms with Crippen LogP contribution in [0.1, 0.15) is 11.1 Å². The van der Waals surface area contributed by atoms with Gasteiger partial charge in [0.2, 0.25) is 0 Å². The van der Waals surface area contributed by atoms with Crippen molar-refractivity contribution in [3.8, 4) is 0 Å². The Morgan fingerprint density at radius 3 is 1.10 bits per heavy atom. The Kier molecular flexibility index (Phi) is 6.14. The molecule has 0 radical (unpaired) electrons. The molecule has 2 nitrogen and oxygen atoms in total. The van der Waals surface area contributed by atoms with E-state index in [2.05, 4.69) is 24.4 Å². The number of halogens is 2. The Morgan fingerprint density at radius 1 is 0.650 bits per heavy atom. The molecule has 4 N–H and O–H groups in total.